The second kappa shape index (κ2) is 7.99. The first-order chi connectivity index (χ1) is 12.5. The van der Waals surface area contributed by atoms with Gasteiger partial charge in [0.1, 0.15) is 10.8 Å². The quantitative estimate of drug-likeness (QED) is 0.671. The fourth-order valence-corrected chi connectivity index (χ4v) is 4.69. The Labute approximate surface area is 157 Å². The molecule has 7 heteroatoms. The van der Waals surface area contributed by atoms with Gasteiger partial charge in [0, 0.05) is 23.9 Å². The third-order valence-electron chi connectivity index (χ3n) is 3.92. The van der Waals surface area contributed by atoms with E-state index in [4.69, 9.17) is 4.74 Å². The van der Waals surface area contributed by atoms with Crippen molar-refractivity contribution in [2.45, 2.75) is 18.2 Å². The SMILES string of the molecule is COc1cccc(-c2nc(CCNS(=O)(=O)c3ccccc3C)cs2)c1. The molecule has 0 unspecified atom stereocenters. The fourth-order valence-electron chi connectivity index (χ4n) is 2.56. The third kappa shape index (κ3) is 4.30. The molecule has 1 heterocycles. The molecule has 2 aromatic carbocycles. The molecular formula is C19H20N2O3S2. The Balaban J connectivity index is 1.64. The minimum Gasteiger partial charge on any atom is -0.497 e. The lowest BCUT2D eigenvalue weighted by molar-refractivity contribution is 0.415. The lowest BCUT2D eigenvalue weighted by Crippen LogP contribution is -2.26. The highest BCUT2D eigenvalue weighted by Gasteiger charge is 2.15. The van der Waals surface area contributed by atoms with Crippen LogP contribution in [0, 0.1) is 6.92 Å². The summed E-state index contributed by atoms with van der Waals surface area (Å²) in [5.74, 6) is 0.783. The molecule has 0 saturated carbocycles. The van der Waals surface area contributed by atoms with Gasteiger partial charge in [0.25, 0.3) is 0 Å². The summed E-state index contributed by atoms with van der Waals surface area (Å²) in [7, 11) is -1.87. The zero-order valence-corrected chi connectivity index (χ0v) is 16.2. The number of hydrogen-bond acceptors (Lipinski definition) is 5. The zero-order valence-electron chi connectivity index (χ0n) is 14.6. The summed E-state index contributed by atoms with van der Waals surface area (Å²) in [5.41, 5.74) is 2.58. The van der Waals surface area contributed by atoms with E-state index in [1.807, 2.05) is 35.7 Å². The number of aromatic nitrogens is 1. The first-order valence-corrected chi connectivity index (χ1v) is 10.5. The van der Waals surface area contributed by atoms with Crippen molar-refractivity contribution in [2.75, 3.05) is 13.7 Å². The summed E-state index contributed by atoms with van der Waals surface area (Å²) in [4.78, 5) is 4.91. The Hall–Kier alpha value is -2.22. The van der Waals surface area contributed by atoms with Crippen molar-refractivity contribution in [1.82, 2.24) is 9.71 Å². The molecule has 0 bridgehead atoms. The van der Waals surface area contributed by atoms with Crippen LogP contribution in [-0.4, -0.2) is 27.1 Å². The number of rotatable bonds is 7. The Morgan fingerprint density at radius 1 is 1.15 bits per heavy atom. The summed E-state index contributed by atoms with van der Waals surface area (Å²) in [6, 6.07) is 14.7. The Kier molecular flexibility index (Phi) is 5.70. The minimum atomic E-state index is -3.51. The van der Waals surface area contributed by atoms with Crippen molar-refractivity contribution in [3.63, 3.8) is 0 Å². The number of nitrogens with zero attached hydrogens (tertiary/aromatic N) is 1. The number of benzene rings is 2. The molecule has 136 valence electrons. The van der Waals surface area contributed by atoms with Crippen molar-refractivity contribution in [2.24, 2.45) is 0 Å². The molecule has 5 nitrogen and oxygen atoms in total. The molecule has 0 radical (unpaired) electrons. The molecule has 0 aliphatic heterocycles. The van der Waals surface area contributed by atoms with Crippen molar-refractivity contribution in [3.8, 4) is 16.3 Å². The average Bonchev–Trinajstić information content (AvgIpc) is 3.11. The van der Waals surface area contributed by atoms with Gasteiger partial charge in [0.15, 0.2) is 0 Å². The molecule has 3 aromatic rings. The number of sulfonamides is 1. The Bertz CT molecular complexity index is 997. The summed E-state index contributed by atoms with van der Waals surface area (Å²) >= 11 is 1.53. The highest BCUT2D eigenvalue weighted by atomic mass is 32.2. The third-order valence-corrected chi connectivity index (χ3v) is 6.49. The molecule has 0 spiro atoms. The highest BCUT2D eigenvalue weighted by molar-refractivity contribution is 7.89. The van der Waals surface area contributed by atoms with Gasteiger partial charge in [0.05, 0.1) is 17.7 Å². The summed E-state index contributed by atoms with van der Waals surface area (Å²) < 4.78 is 32.7. The molecule has 0 atom stereocenters. The minimum absolute atomic E-state index is 0.304. The molecule has 0 fully saturated rings. The maximum Gasteiger partial charge on any atom is 0.240 e. The summed E-state index contributed by atoms with van der Waals surface area (Å²) in [5, 5.41) is 2.84. The molecular weight excluding hydrogens is 368 g/mol. The van der Waals surface area contributed by atoms with Crippen molar-refractivity contribution in [1.29, 1.82) is 0 Å². The predicted molar refractivity (Wildman–Crippen MR) is 104 cm³/mol. The number of ether oxygens (including phenoxy) is 1. The predicted octanol–water partition coefficient (Wildman–Crippen LogP) is 3.65. The number of nitrogens with one attached hydrogen (secondary N) is 1. The molecule has 1 aromatic heterocycles. The van der Waals surface area contributed by atoms with Crippen LogP contribution in [0.4, 0.5) is 0 Å². The second-order valence-electron chi connectivity index (χ2n) is 5.79. The second-order valence-corrected chi connectivity index (χ2v) is 8.38. The van der Waals surface area contributed by atoms with E-state index in [2.05, 4.69) is 9.71 Å². The van der Waals surface area contributed by atoms with Crippen LogP contribution >= 0.6 is 11.3 Å². The van der Waals surface area contributed by atoms with Gasteiger partial charge >= 0.3 is 0 Å². The average molecular weight is 389 g/mol. The van der Waals surface area contributed by atoms with Gasteiger partial charge in [0.2, 0.25) is 10.0 Å². The lowest BCUT2D eigenvalue weighted by atomic mass is 10.2. The van der Waals surface area contributed by atoms with Crippen molar-refractivity contribution >= 4 is 21.4 Å². The normalized spacial score (nSPS) is 11.5. The number of thiazole rings is 1. The van der Waals surface area contributed by atoms with Crippen LogP contribution in [0.3, 0.4) is 0 Å². The molecule has 0 amide bonds. The van der Waals surface area contributed by atoms with Gasteiger partial charge in [-0.15, -0.1) is 11.3 Å². The first-order valence-electron chi connectivity index (χ1n) is 8.14. The standard InChI is InChI=1S/C19H20N2O3S2/c1-14-6-3-4-9-18(14)26(22,23)20-11-10-16-13-25-19(21-16)15-7-5-8-17(12-15)24-2/h3-9,12-13,20H,10-11H2,1-2H3. The van der Waals surface area contributed by atoms with Gasteiger partial charge in [-0.25, -0.2) is 18.1 Å². The monoisotopic (exact) mass is 388 g/mol. The van der Waals surface area contributed by atoms with E-state index in [0.29, 0.717) is 17.9 Å². The first kappa shape index (κ1) is 18.6. The maximum absolute atomic E-state index is 12.4. The lowest BCUT2D eigenvalue weighted by Gasteiger charge is -2.08. The summed E-state index contributed by atoms with van der Waals surface area (Å²) in [6.45, 7) is 2.09. The van der Waals surface area contributed by atoms with Crippen LogP contribution in [0.15, 0.2) is 58.8 Å². The van der Waals surface area contributed by atoms with Crippen LogP contribution < -0.4 is 9.46 Å². The molecule has 0 aliphatic rings. The molecule has 1 N–H and O–H groups in total. The number of methoxy groups -OCH3 is 1. The van der Waals surface area contributed by atoms with Gasteiger partial charge in [-0.1, -0.05) is 30.3 Å². The van der Waals surface area contributed by atoms with Gasteiger partial charge < -0.3 is 4.74 Å². The van der Waals surface area contributed by atoms with Crippen LogP contribution in [0.1, 0.15) is 11.3 Å². The Morgan fingerprint density at radius 2 is 1.96 bits per heavy atom. The van der Waals surface area contributed by atoms with Crippen LogP contribution in [0.2, 0.25) is 0 Å². The highest BCUT2D eigenvalue weighted by Crippen LogP contribution is 2.27. The van der Waals surface area contributed by atoms with E-state index < -0.39 is 10.0 Å². The van der Waals surface area contributed by atoms with E-state index in [-0.39, 0.29) is 0 Å². The van der Waals surface area contributed by atoms with E-state index in [1.165, 1.54) is 11.3 Å². The van der Waals surface area contributed by atoms with E-state index in [9.17, 15) is 8.42 Å². The summed E-state index contributed by atoms with van der Waals surface area (Å²) in [6.07, 6.45) is 0.533. The molecule has 3 rings (SSSR count). The van der Waals surface area contributed by atoms with Crippen molar-refractivity contribution < 1.29 is 13.2 Å². The molecule has 0 saturated heterocycles. The molecule has 0 aliphatic carbocycles. The van der Waals surface area contributed by atoms with Crippen LogP contribution in [0.5, 0.6) is 5.75 Å². The van der Waals surface area contributed by atoms with Crippen molar-refractivity contribution in [3.05, 3.63) is 65.2 Å². The van der Waals surface area contributed by atoms with Crippen LogP contribution in [0.25, 0.3) is 10.6 Å². The fraction of sp³-hybridized carbons (Fsp3) is 0.211. The smallest absolute Gasteiger partial charge is 0.240 e. The van der Waals surface area contributed by atoms with E-state index >= 15 is 0 Å². The van der Waals surface area contributed by atoms with Gasteiger partial charge in [-0.2, -0.15) is 0 Å². The van der Waals surface area contributed by atoms with Crippen LogP contribution in [-0.2, 0) is 16.4 Å². The topological polar surface area (TPSA) is 68.3 Å². The number of aryl methyl sites for hydroxylation is 1. The maximum atomic E-state index is 12.4. The van der Waals surface area contributed by atoms with Gasteiger partial charge in [-0.3, -0.25) is 0 Å². The molecule has 26 heavy (non-hydrogen) atoms. The van der Waals surface area contributed by atoms with E-state index in [1.54, 1.807) is 32.2 Å². The Morgan fingerprint density at radius 3 is 2.73 bits per heavy atom. The number of hydrogen-bond donors (Lipinski definition) is 1. The largest absolute Gasteiger partial charge is 0.497 e. The zero-order chi connectivity index (χ0) is 18.6. The van der Waals surface area contributed by atoms with Gasteiger partial charge in [-0.05, 0) is 30.7 Å². The van der Waals surface area contributed by atoms with E-state index in [0.717, 1.165) is 27.6 Å².